The van der Waals surface area contributed by atoms with E-state index in [1.54, 1.807) is 14.2 Å². The molecule has 4 rings (SSSR count). The van der Waals surface area contributed by atoms with Gasteiger partial charge in [0.15, 0.2) is 17.3 Å². The molecule has 1 unspecified atom stereocenters. The minimum Gasteiger partial charge on any atom is -0.493 e. The summed E-state index contributed by atoms with van der Waals surface area (Å²) in [5, 5.41) is 14.8. The van der Waals surface area contributed by atoms with Crippen LogP contribution in [0, 0.1) is 0 Å². The second-order valence-electron chi connectivity index (χ2n) is 6.39. The van der Waals surface area contributed by atoms with Gasteiger partial charge in [-0.2, -0.15) is 10.1 Å². The smallest absolute Gasteiger partial charge is 0.276 e. The van der Waals surface area contributed by atoms with Crippen LogP contribution < -0.4 is 14.8 Å². The first-order chi connectivity index (χ1) is 13.2. The molecule has 2 aromatic heterocycles. The Balaban J connectivity index is 1.58. The Hall–Kier alpha value is -2.91. The molecule has 0 radical (unpaired) electrons. The van der Waals surface area contributed by atoms with E-state index in [4.69, 9.17) is 14.0 Å². The molecule has 3 heterocycles. The lowest BCUT2D eigenvalue weighted by Crippen LogP contribution is -2.44. The Morgan fingerprint density at radius 1 is 1.19 bits per heavy atom. The third-order valence-corrected chi connectivity index (χ3v) is 4.74. The lowest BCUT2D eigenvalue weighted by atomic mass is 10.1. The monoisotopic (exact) mass is 370 g/mol. The van der Waals surface area contributed by atoms with Crippen molar-refractivity contribution >= 4 is 0 Å². The number of aromatic amines is 1. The number of H-pyrrole nitrogens is 1. The van der Waals surface area contributed by atoms with E-state index in [0.29, 0.717) is 28.9 Å². The average molecular weight is 370 g/mol. The van der Waals surface area contributed by atoms with Crippen LogP contribution >= 0.6 is 0 Å². The maximum Gasteiger partial charge on any atom is 0.276 e. The zero-order valence-corrected chi connectivity index (χ0v) is 15.5. The van der Waals surface area contributed by atoms with Gasteiger partial charge in [-0.25, -0.2) is 0 Å². The van der Waals surface area contributed by atoms with Crippen molar-refractivity contribution in [3.63, 3.8) is 0 Å². The molecule has 9 nitrogen and oxygen atoms in total. The Morgan fingerprint density at radius 2 is 2.04 bits per heavy atom. The standard InChI is InChI=1S/C18H22N6O3/c1-24-7-6-19-10-14(24)17-20-18(27-23-17)13-9-12(21-22-13)11-4-5-15(25-2)16(8-11)26-3/h4-5,8-9,14,19H,6-7,10H2,1-3H3,(H,21,22). The van der Waals surface area contributed by atoms with Gasteiger partial charge in [-0.3, -0.25) is 10.00 Å². The van der Waals surface area contributed by atoms with Gasteiger partial charge >= 0.3 is 0 Å². The minimum atomic E-state index is 0.101. The third kappa shape index (κ3) is 3.38. The molecule has 0 amide bonds. The number of likely N-dealkylation sites (N-methyl/N-ethyl adjacent to an activating group) is 1. The summed E-state index contributed by atoms with van der Waals surface area (Å²) in [7, 11) is 5.28. The van der Waals surface area contributed by atoms with Crippen molar-refractivity contribution in [2.75, 3.05) is 40.9 Å². The van der Waals surface area contributed by atoms with E-state index in [2.05, 4.69) is 37.6 Å². The van der Waals surface area contributed by atoms with Crippen molar-refractivity contribution in [3.05, 3.63) is 30.1 Å². The lowest BCUT2D eigenvalue weighted by Gasteiger charge is -2.30. The van der Waals surface area contributed by atoms with Gasteiger partial charge in [-0.05, 0) is 31.3 Å². The number of piperazine rings is 1. The van der Waals surface area contributed by atoms with E-state index in [1.807, 2.05) is 24.3 Å². The quantitative estimate of drug-likeness (QED) is 0.700. The fourth-order valence-corrected chi connectivity index (χ4v) is 3.15. The Bertz CT molecular complexity index is 921. The first-order valence-corrected chi connectivity index (χ1v) is 8.72. The predicted octanol–water partition coefficient (Wildman–Crippen LogP) is 1.72. The summed E-state index contributed by atoms with van der Waals surface area (Å²) in [6.45, 7) is 2.71. The molecule has 0 aliphatic carbocycles. The highest BCUT2D eigenvalue weighted by atomic mass is 16.5. The van der Waals surface area contributed by atoms with Crippen molar-refractivity contribution in [1.82, 2.24) is 30.6 Å². The summed E-state index contributed by atoms with van der Waals surface area (Å²) < 4.78 is 16.1. The number of hydrogen-bond acceptors (Lipinski definition) is 8. The molecule has 0 saturated carbocycles. The van der Waals surface area contributed by atoms with Gasteiger partial charge in [-0.15, -0.1) is 0 Å². The second kappa shape index (κ2) is 7.37. The number of nitrogens with zero attached hydrogens (tertiary/aromatic N) is 4. The van der Waals surface area contributed by atoms with Gasteiger partial charge in [0.25, 0.3) is 5.89 Å². The van der Waals surface area contributed by atoms with Crippen LogP contribution in [-0.2, 0) is 0 Å². The van der Waals surface area contributed by atoms with Crippen LogP contribution in [0.2, 0.25) is 0 Å². The molecule has 0 bridgehead atoms. The fraction of sp³-hybridized carbons (Fsp3) is 0.389. The van der Waals surface area contributed by atoms with E-state index in [-0.39, 0.29) is 6.04 Å². The molecule has 27 heavy (non-hydrogen) atoms. The number of hydrogen-bond donors (Lipinski definition) is 2. The first kappa shape index (κ1) is 17.5. The highest BCUT2D eigenvalue weighted by molar-refractivity contribution is 5.67. The van der Waals surface area contributed by atoms with Crippen LogP contribution in [0.25, 0.3) is 22.8 Å². The molecule has 1 aromatic carbocycles. The average Bonchev–Trinajstić information content (AvgIpc) is 3.37. The number of rotatable bonds is 5. The number of methoxy groups -OCH3 is 2. The summed E-state index contributed by atoms with van der Waals surface area (Å²) in [6, 6.07) is 7.62. The maximum absolute atomic E-state index is 5.45. The van der Waals surface area contributed by atoms with E-state index in [0.717, 1.165) is 30.9 Å². The zero-order valence-electron chi connectivity index (χ0n) is 15.5. The topological polar surface area (TPSA) is 101 Å². The van der Waals surface area contributed by atoms with Gasteiger partial charge < -0.3 is 19.3 Å². The number of benzene rings is 1. The van der Waals surface area contributed by atoms with Gasteiger partial charge in [0, 0.05) is 25.2 Å². The van der Waals surface area contributed by atoms with Crippen molar-refractivity contribution < 1.29 is 14.0 Å². The summed E-state index contributed by atoms with van der Waals surface area (Å²) in [5.41, 5.74) is 2.32. The van der Waals surface area contributed by atoms with Crippen LogP contribution in [0.3, 0.4) is 0 Å². The zero-order chi connectivity index (χ0) is 18.8. The van der Waals surface area contributed by atoms with Crippen LogP contribution in [0.15, 0.2) is 28.8 Å². The van der Waals surface area contributed by atoms with Gasteiger partial charge in [0.05, 0.1) is 26.0 Å². The normalized spacial score (nSPS) is 17.8. The Kier molecular flexibility index (Phi) is 4.78. The highest BCUT2D eigenvalue weighted by Gasteiger charge is 2.26. The van der Waals surface area contributed by atoms with Crippen molar-refractivity contribution in [1.29, 1.82) is 0 Å². The van der Waals surface area contributed by atoms with E-state index in [9.17, 15) is 0 Å². The Morgan fingerprint density at radius 3 is 2.81 bits per heavy atom. The highest BCUT2D eigenvalue weighted by Crippen LogP contribution is 2.32. The SMILES string of the molecule is COc1ccc(-c2cc(-c3nc(C4CNCCN4C)no3)[nH]n2)cc1OC. The van der Waals surface area contributed by atoms with Crippen LogP contribution in [0.4, 0.5) is 0 Å². The van der Waals surface area contributed by atoms with Crippen LogP contribution in [-0.4, -0.2) is 66.1 Å². The number of aromatic nitrogens is 4. The summed E-state index contributed by atoms with van der Waals surface area (Å²) in [6.07, 6.45) is 0. The van der Waals surface area contributed by atoms with Gasteiger partial charge in [0.2, 0.25) is 0 Å². The molecule has 1 aliphatic rings. The van der Waals surface area contributed by atoms with Gasteiger partial charge in [-0.1, -0.05) is 5.16 Å². The van der Waals surface area contributed by atoms with Crippen LogP contribution in [0.5, 0.6) is 11.5 Å². The lowest BCUT2D eigenvalue weighted by molar-refractivity contribution is 0.190. The molecule has 9 heteroatoms. The second-order valence-corrected chi connectivity index (χ2v) is 6.39. The predicted molar refractivity (Wildman–Crippen MR) is 98.7 cm³/mol. The molecule has 1 atom stereocenters. The van der Waals surface area contributed by atoms with Crippen LogP contribution in [0.1, 0.15) is 11.9 Å². The summed E-state index contributed by atoms with van der Waals surface area (Å²) in [4.78, 5) is 6.76. The summed E-state index contributed by atoms with van der Waals surface area (Å²) >= 11 is 0. The molecule has 0 spiro atoms. The van der Waals surface area contributed by atoms with E-state index < -0.39 is 0 Å². The molecular weight excluding hydrogens is 348 g/mol. The molecule has 1 saturated heterocycles. The summed E-state index contributed by atoms with van der Waals surface area (Å²) in [5.74, 6) is 2.40. The Labute approximate surface area is 156 Å². The molecule has 3 aromatic rings. The largest absolute Gasteiger partial charge is 0.493 e. The van der Waals surface area contributed by atoms with Crippen molar-refractivity contribution in [3.8, 4) is 34.3 Å². The molecule has 142 valence electrons. The van der Waals surface area contributed by atoms with Gasteiger partial charge in [0.1, 0.15) is 5.69 Å². The third-order valence-electron chi connectivity index (χ3n) is 4.74. The van der Waals surface area contributed by atoms with Crippen molar-refractivity contribution in [2.24, 2.45) is 0 Å². The fourth-order valence-electron chi connectivity index (χ4n) is 3.15. The van der Waals surface area contributed by atoms with E-state index >= 15 is 0 Å². The van der Waals surface area contributed by atoms with E-state index in [1.165, 1.54) is 0 Å². The molecule has 1 fully saturated rings. The number of nitrogens with one attached hydrogen (secondary N) is 2. The minimum absolute atomic E-state index is 0.101. The number of ether oxygens (including phenoxy) is 2. The first-order valence-electron chi connectivity index (χ1n) is 8.72. The molecular formula is C18H22N6O3. The molecule has 2 N–H and O–H groups in total. The van der Waals surface area contributed by atoms with Crippen molar-refractivity contribution in [2.45, 2.75) is 6.04 Å². The molecule has 1 aliphatic heterocycles. The maximum atomic E-state index is 5.45.